The van der Waals surface area contributed by atoms with Crippen molar-refractivity contribution >= 4 is 22.8 Å². The minimum atomic E-state index is -0.148. The lowest BCUT2D eigenvalue weighted by Gasteiger charge is -1.79. The number of imide groups is 1. The molecular formula is C4H9NO2Si. The first-order valence-corrected chi connectivity index (χ1v) is 2.12. The number of hydrogen-bond donors (Lipinski definition) is 1. The molecule has 1 aliphatic heterocycles. The molecule has 0 unspecified atom stereocenters. The molecule has 4 heteroatoms. The summed E-state index contributed by atoms with van der Waals surface area (Å²) >= 11 is 0. The number of nitrogens with one attached hydrogen (secondary N) is 1. The van der Waals surface area contributed by atoms with Crippen LogP contribution in [0.15, 0.2) is 0 Å². The van der Waals surface area contributed by atoms with E-state index in [1.165, 1.54) is 0 Å². The molecule has 0 saturated carbocycles. The number of hydrogen-bond acceptors (Lipinski definition) is 2. The summed E-state index contributed by atoms with van der Waals surface area (Å²) in [6.45, 7) is 0. The summed E-state index contributed by atoms with van der Waals surface area (Å²) in [6, 6.07) is 0. The molecule has 1 saturated heterocycles. The molecule has 8 heavy (non-hydrogen) atoms. The summed E-state index contributed by atoms with van der Waals surface area (Å²) in [5.41, 5.74) is 0. The highest BCUT2D eigenvalue weighted by molar-refractivity contribution is 6.01. The lowest BCUT2D eigenvalue weighted by Crippen LogP contribution is -2.18. The Hall–Kier alpha value is -0.643. The molecule has 2 amide bonds. The molecule has 0 aliphatic carbocycles. The van der Waals surface area contributed by atoms with Crippen molar-refractivity contribution in [3.05, 3.63) is 0 Å². The van der Waals surface area contributed by atoms with Gasteiger partial charge in [0.05, 0.1) is 0 Å². The summed E-state index contributed by atoms with van der Waals surface area (Å²) in [5, 5.41) is 2.14. The fraction of sp³-hybridized carbons (Fsp3) is 0.500. The van der Waals surface area contributed by atoms with Crippen LogP contribution in [0.2, 0.25) is 0 Å². The molecule has 1 rings (SSSR count). The van der Waals surface area contributed by atoms with Gasteiger partial charge in [0.25, 0.3) is 0 Å². The minimum Gasteiger partial charge on any atom is -0.296 e. The molecule has 0 spiro atoms. The monoisotopic (exact) mass is 131 g/mol. The van der Waals surface area contributed by atoms with Gasteiger partial charge in [0.15, 0.2) is 0 Å². The molecule has 3 nitrogen and oxygen atoms in total. The van der Waals surface area contributed by atoms with Gasteiger partial charge >= 0.3 is 0 Å². The minimum absolute atomic E-state index is 0. The van der Waals surface area contributed by atoms with Crippen LogP contribution in [-0.2, 0) is 9.59 Å². The Balaban J connectivity index is 0.000000490. The summed E-state index contributed by atoms with van der Waals surface area (Å²) in [4.78, 5) is 20.2. The molecular weight excluding hydrogens is 122 g/mol. The highest BCUT2D eigenvalue weighted by Gasteiger charge is 2.15. The van der Waals surface area contributed by atoms with Crippen molar-refractivity contribution in [2.75, 3.05) is 0 Å². The van der Waals surface area contributed by atoms with Gasteiger partial charge in [-0.3, -0.25) is 14.9 Å². The van der Waals surface area contributed by atoms with Gasteiger partial charge in [0.2, 0.25) is 11.8 Å². The fourth-order valence-corrected chi connectivity index (χ4v) is 0.508. The van der Waals surface area contributed by atoms with Gasteiger partial charge in [-0.15, -0.1) is 0 Å². The van der Waals surface area contributed by atoms with Crippen LogP contribution in [0.5, 0.6) is 0 Å². The van der Waals surface area contributed by atoms with Crippen LogP contribution < -0.4 is 5.32 Å². The Morgan fingerprint density at radius 2 is 1.50 bits per heavy atom. The third kappa shape index (κ3) is 1.46. The highest BCUT2D eigenvalue weighted by Crippen LogP contribution is 1.95. The van der Waals surface area contributed by atoms with E-state index in [1.54, 1.807) is 0 Å². The number of amides is 2. The maximum Gasteiger partial charge on any atom is 0.227 e. The zero-order chi connectivity index (χ0) is 5.28. The number of carbonyl (C=O) groups is 2. The summed E-state index contributed by atoms with van der Waals surface area (Å²) in [7, 11) is 0. The predicted octanol–water partition coefficient (Wildman–Crippen LogP) is -2.03. The van der Waals surface area contributed by atoms with E-state index in [-0.39, 0.29) is 22.8 Å². The van der Waals surface area contributed by atoms with Gasteiger partial charge < -0.3 is 0 Å². The van der Waals surface area contributed by atoms with Gasteiger partial charge in [0, 0.05) is 12.8 Å². The third-order valence-corrected chi connectivity index (χ3v) is 0.858. The van der Waals surface area contributed by atoms with Crippen LogP contribution in [0.25, 0.3) is 0 Å². The Morgan fingerprint density at radius 1 is 1.12 bits per heavy atom. The third-order valence-electron chi connectivity index (χ3n) is 0.858. The van der Waals surface area contributed by atoms with Crippen molar-refractivity contribution < 1.29 is 9.59 Å². The van der Waals surface area contributed by atoms with Crippen molar-refractivity contribution in [3.8, 4) is 0 Å². The van der Waals surface area contributed by atoms with E-state index in [1.807, 2.05) is 0 Å². The van der Waals surface area contributed by atoms with Crippen LogP contribution in [-0.4, -0.2) is 22.8 Å². The molecule has 1 aliphatic rings. The molecule has 0 aromatic heterocycles. The second-order valence-corrected chi connectivity index (χ2v) is 1.47. The van der Waals surface area contributed by atoms with Crippen molar-refractivity contribution in [3.63, 3.8) is 0 Å². The zero-order valence-electron chi connectivity index (χ0n) is 3.73. The highest BCUT2D eigenvalue weighted by atomic mass is 28.1. The van der Waals surface area contributed by atoms with Crippen LogP contribution in [0, 0.1) is 0 Å². The van der Waals surface area contributed by atoms with Crippen LogP contribution in [0.4, 0.5) is 0 Å². The maximum absolute atomic E-state index is 10.1. The SMILES string of the molecule is O=C1CCC(=O)N1.[SiH4]. The standard InChI is InChI=1S/C4H5NO2.H4Si/c6-3-1-2-4(7)5-3;/h1-2H2,(H,5,6,7);1H4. The van der Waals surface area contributed by atoms with Crippen molar-refractivity contribution in [1.82, 2.24) is 5.32 Å². The Labute approximate surface area is 51.5 Å². The van der Waals surface area contributed by atoms with Gasteiger partial charge in [0.1, 0.15) is 0 Å². The quantitative estimate of drug-likeness (QED) is 0.304. The Kier molecular flexibility index (Phi) is 2.40. The van der Waals surface area contributed by atoms with Crippen LogP contribution >= 0.6 is 0 Å². The Morgan fingerprint density at radius 3 is 1.62 bits per heavy atom. The van der Waals surface area contributed by atoms with E-state index in [9.17, 15) is 9.59 Å². The second kappa shape index (κ2) is 2.61. The smallest absolute Gasteiger partial charge is 0.227 e. The van der Waals surface area contributed by atoms with E-state index in [2.05, 4.69) is 5.32 Å². The van der Waals surface area contributed by atoms with E-state index >= 15 is 0 Å². The molecule has 0 bridgehead atoms. The molecule has 0 aromatic rings. The van der Waals surface area contributed by atoms with E-state index < -0.39 is 0 Å². The average Bonchev–Trinajstić information content (AvgIpc) is 1.87. The summed E-state index contributed by atoms with van der Waals surface area (Å²) < 4.78 is 0. The second-order valence-electron chi connectivity index (χ2n) is 1.47. The van der Waals surface area contributed by atoms with Gasteiger partial charge in [-0.1, -0.05) is 0 Å². The fourth-order valence-electron chi connectivity index (χ4n) is 0.508. The lowest BCUT2D eigenvalue weighted by atomic mass is 10.4. The van der Waals surface area contributed by atoms with Gasteiger partial charge in [-0.2, -0.15) is 0 Å². The molecule has 1 fully saturated rings. The molecule has 0 atom stereocenters. The average molecular weight is 131 g/mol. The molecule has 0 aromatic carbocycles. The van der Waals surface area contributed by atoms with Gasteiger partial charge in [-0.05, 0) is 11.0 Å². The predicted molar refractivity (Wildman–Crippen MR) is 33.7 cm³/mol. The maximum atomic E-state index is 10.1. The number of rotatable bonds is 0. The van der Waals surface area contributed by atoms with E-state index in [0.29, 0.717) is 12.8 Å². The molecule has 0 radical (unpaired) electrons. The molecule has 1 heterocycles. The van der Waals surface area contributed by atoms with Crippen molar-refractivity contribution in [2.24, 2.45) is 0 Å². The van der Waals surface area contributed by atoms with E-state index in [0.717, 1.165) is 0 Å². The molecule has 1 N–H and O–H groups in total. The first-order valence-electron chi connectivity index (χ1n) is 2.12. The van der Waals surface area contributed by atoms with Crippen molar-refractivity contribution in [2.45, 2.75) is 12.8 Å². The van der Waals surface area contributed by atoms with Crippen LogP contribution in [0.1, 0.15) is 12.8 Å². The topological polar surface area (TPSA) is 46.2 Å². The van der Waals surface area contributed by atoms with Gasteiger partial charge in [-0.25, -0.2) is 0 Å². The van der Waals surface area contributed by atoms with E-state index in [4.69, 9.17) is 0 Å². The normalized spacial score (nSPS) is 17.5. The largest absolute Gasteiger partial charge is 0.296 e. The first kappa shape index (κ1) is 7.36. The number of carbonyl (C=O) groups excluding carboxylic acids is 2. The van der Waals surface area contributed by atoms with Crippen molar-refractivity contribution in [1.29, 1.82) is 0 Å². The first-order chi connectivity index (χ1) is 3.29. The summed E-state index contributed by atoms with van der Waals surface area (Å²) in [6.07, 6.45) is 0.748. The Bertz CT molecular complexity index is 109. The zero-order valence-corrected chi connectivity index (χ0v) is 3.73. The van der Waals surface area contributed by atoms with Crippen LogP contribution in [0.3, 0.4) is 0 Å². The molecule has 46 valence electrons. The summed E-state index contributed by atoms with van der Waals surface area (Å²) in [5.74, 6) is -0.296. The lowest BCUT2D eigenvalue weighted by molar-refractivity contribution is -0.124.